The van der Waals surface area contributed by atoms with E-state index in [4.69, 9.17) is 11.6 Å². The smallest absolute Gasteiger partial charge is 0.277 e. The maximum atomic E-state index is 13.1. The molecule has 3 aromatic rings. The van der Waals surface area contributed by atoms with E-state index in [0.29, 0.717) is 21.9 Å². The highest BCUT2D eigenvalue weighted by Crippen LogP contribution is 2.54. The third-order valence-corrected chi connectivity index (χ3v) is 6.29. The lowest BCUT2D eigenvalue weighted by Gasteiger charge is -2.13. The molecule has 5 rings (SSSR count). The molecule has 6 heteroatoms. The molecule has 0 atom stereocenters. The first-order valence-electron chi connectivity index (χ1n) is 9.47. The Morgan fingerprint density at radius 3 is 2.59 bits per heavy atom. The highest BCUT2D eigenvalue weighted by Gasteiger charge is 2.50. The molecule has 5 nitrogen and oxygen atoms in total. The fourth-order valence-corrected chi connectivity index (χ4v) is 4.53. The third kappa shape index (κ3) is 2.44. The van der Waals surface area contributed by atoms with Crippen molar-refractivity contribution in [3.05, 3.63) is 67.7 Å². The number of aromatic amines is 1. The van der Waals surface area contributed by atoms with Crippen LogP contribution in [0, 0.1) is 11.3 Å². The van der Waals surface area contributed by atoms with E-state index < -0.39 is 0 Å². The molecule has 0 unspecified atom stereocenters. The molecule has 1 aromatic carbocycles. The Bertz CT molecular complexity index is 1150. The molecule has 0 spiro atoms. The number of hydrogen-bond donors (Lipinski definition) is 1. The molecule has 2 aliphatic rings. The van der Waals surface area contributed by atoms with E-state index in [0.717, 1.165) is 61.8 Å². The minimum atomic E-state index is -0.292. The molecule has 0 bridgehead atoms. The van der Waals surface area contributed by atoms with E-state index in [9.17, 15) is 10.1 Å². The first-order valence-corrected chi connectivity index (χ1v) is 9.85. The Balaban J connectivity index is 1.75. The zero-order valence-corrected chi connectivity index (χ0v) is 15.6. The van der Waals surface area contributed by atoms with Crippen LogP contribution in [0.3, 0.4) is 0 Å². The minimum Gasteiger partial charge on any atom is -0.342 e. The van der Waals surface area contributed by atoms with Crippen LogP contribution in [0.1, 0.15) is 60.2 Å². The molecule has 2 aliphatic carbocycles. The van der Waals surface area contributed by atoms with Crippen molar-refractivity contribution in [2.45, 2.75) is 50.4 Å². The molecule has 1 fully saturated rings. The van der Waals surface area contributed by atoms with Crippen molar-refractivity contribution in [2.24, 2.45) is 0 Å². The topological polar surface area (TPSA) is 74.0 Å². The number of nitrogens with zero attached hydrogens (tertiary/aromatic N) is 3. The van der Waals surface area contributed by atoms with Crippen LogP contribution in [0.4, 0.5) is 0 Å². The number of aryl methyl sites for hydroxylation is 1. The molecule has 27 heavy (non-hydrogen) atoms. The fraction of sp³-hybridized carbons (Fsp3) is 0.381. The van der Waals surface area contributed by atoms with Crippen LogP contribution >= 0.6 is 11.6 Å². The molecular weight excluding hydrogens is 360 g/mol. The van der Waals surface area contributed by atoms with Gasteiger partial charge in [-0.2, -0.15) is 14.9 Å². The molecule has 136 valence electrons. The second kappa shape index (κ2) is 5.97. The number of H-pyrrole nitrogens is 1. The number of benzene rings is 1. The summed E-state index contributed by atoms with van der Waals surface area (Å²) in [6.07, 6.45) is 6.68. The molecule has 0 saturated heterocycles. The number of nitriles is 1. The van der Waals surface area contributed by atoms with Crippen LogP contribution in [-0.4, -0.2) is 14.6 Å². The van der Waals surface area contributed by atoms with E-state index in [-0.39, 0.29) is 11.0 Å². The first kappa shape index (κ1) is 16.6. The largest absolute Gasteiger partial charge is 0.342 e. The molecule has 0 amide bonds. The summed E-state index contributed by atoms with van der Waals surface area (Å²) in [7, 11) is 0. The van der Waals surface area contributed by atoms with Crippen molar-refractivity contribution < 1.29 is 0 Å². The standard InChI is InChI=1S/C21H19ClN4O/c22-14-8-6-13(7-9-14)21(10-11-21)18-16(12-23)19-24-17-5-3-1-2-4-15(17)20(27)26(19)25-18/h6-9,24H,1-5,10-11H2. The molecular formula is C21H19ClN4O. The van der Waals surface area contributed by atoms with Gasteiger partial charge < -0.3 is 4.98 Å². The van der Waals surface area contributed by atoms with Crippen LogP contribution in [0.5, 0.6) is 0 Å². The van der Waals surface area contributed by atoms with Crippen molar-refractivity contribution in [3.8, 4) is 6.07 Å². The summed E-state index contributed by atoms with van der Waals surface area (Å²) in [6, 6.07) is 10.0. The third-order valence-electron chi connectivity index (χ3n) is 6.03. The van der Waals surface area contributed by atoms with Crippen molar-refractivity contribution >= 4 is 17.2 Å². The summed E-state index contributed by atoms with van der Waals surface area (Å²) in [4.78, 5) is 16.5. The van der Waals surface area contributed by atoms with E-state index in [1.165, 1.54) is 4.52 Å². The summed E-state index contributed by atoms with van der Waals surface area (Å²) in [5.41, 5.74) is 4.28. The van der Waals surface area contributed by atoms with Gasteiger partial charge in [-0.05, 0) is 56.2 Å². The number of rotatable bonds is 2. The molecule has 2 heterocycles. The second-order valence-electron chi connectivity index (χ2n) is 7.63. The normalized spacial score (nSPS) is 17.9. The lowest BCUT2D eigenvalue weighted by molar-refractivity contribution is 0.707. The van der Waals surface area contributed by atoms with Gasteiger partial charge in [0.2, 0.25) is 0 Å². The van der Waals surface area contributed by atoms with E-state index in [1.807, 2.05) is 24.3 Å². The first-order chi connectivity index (χ1) is 13.1. The number of halogens is 1. The Hall–Kier alpha value is -2.58. The zero-order chi connectivity index (χ0) is 18.6. The maximum Gasteiger partial charge on any atom is 0.277 e. The summed E-state index contributed by atoms with van der Waals surface area (Å²) < 4.78 is 1.42. The van der Waals surface area contributed by atoms with Gasteiger partial charge >= 0.3 is 0 Å². The molecule has 0 aliphatic heterocycles. The highest BCUT2D eigenvalue weighted by atomic mass is 35.5. The lowest BCUT2D eigenvalue weighted by Crippen LogP contribution is -2.22. The van der Waals surface area contributed by atoms with Crippen molar-refractivity contribution in [1.29, 1.82) is 5.26 Å². The Morgan fingerprint density at radius 1 is 1.15 bits per heavy atom. The number of nitrogens with one attached hydrogen (secondary N) is 1. The van der Waals surface area contributed by atoms with Gasteiger partial charge in [-0.15, -0.1) is 0 Å². The van der Waals surface area contributed by atoms with Crippen molar-refractivity contribution in [3.63, 3.8) is 0 Å². The van der Waals surface area contributed by atoms with E-state index in [2.05, 4.69) is 16.2 Å². The molecule has 0 radical (unpaired) electrons. The van der Waals surface area contributed by atoms with Gasteiger partial charge in [0, 0.05) is 21.7 Å². The predicted molar refractivity (Wildman–Crippen MR) is 103 cm³/mol. The fourth-order valence-electron chi connectivity index (χ4n) is 4.40. The van der Waals surface area contributed by atoms with Gasteiger partial charge in [0.25, 0.3) is 5.56 Å². The van der Waals surface area contributed by atoms with Crippen molar-refractivity contribution in [2.75, 3.05) is 0 Å². The Kier molecular flexibility index (Phi) is 3.66. The monoisotopic (exact) mass is 378 g/mol. The van der Waals surface area contributed by atoms with Gasteiger partial charge in [0.05, 0.1) is 5.69 Å². The van der Waals surface area contributed by atoms with Gasteiger partial charge in [-0.3, -0.25) is 4.79 Å². The number of hydrogen-bond acceptors (Lipinski definition) is 3. The summed E-state index contributed by atoms with van der Waals surface area (Å²) >= 11 is 6.04. The highest BCUT2D eigenvalue weighted by molar-refractivity contribution is 6.30. The molecule has 1 N–H and O–H groups in total. The Labute approximate surface area is 161 Å². The van der Waals surface area contributed by atoms with E-state index >= 15 is 0 Å². The van der Waals surface area contributed by atoms with Crippen molar-refractivity contribution in [1.82, 2.24) is 14.6 Å². The average Bonchev–Trinajstić information content (AvgIpc) is 3.43. The Morgan fingerprint density at radius 2 is 1.89 bits per heavy atom. The van der Waals surface area contributed by atoms with Gasteiger partial charge in [-0.1, -0.05) is 30.2 Å². The summed E-state index contributed by atoms with van der Waals surface area (Å²) in [5, 5.41) is 15.2. The zero-order valence-electron chi connectivity index (χ0n) is 14.9. The SMILES string of the molecule is N#Cc1c(C2(c3ccc(Cl)cc3)CC2)nn2c(=O)c3c([nH]c12)CCCCC3. The summed E-state index contributed by atoms with van der Waals surface area (Å²) in [6.45, 7) is 0. The number of aromatic nitrogens is 3. The van der Waals surface area contributed by atoms with Crippen LogP contribution in [0.25, 0.3) is 5.65 Å². The van der Waals surface area contributed by atoms with Crippen LogP contribution in [-0.2, 0) is 18.3 Å². The van der Waals surface area contributed by atoms with Gasteiger partial charge in [-0.25, -0.2) is 0 Å². The maximum absolute atomic E-state index is 13.1. The minimum absolute atomic E-state index is 0.0738. The summed E-state index contributed by atoms with van der Waals surface area (Å²) in [5.74, 6) is 0. The van der Waals surface area contributed by atoms with Gasteiger partial charge in [0.1, 0.15) is 11.6 Å². The predicted octanol–water partition coefficient (Wildman–Crippen LogP) is 3.90. The number of fused-ring (bicyclic) bond motifs is 2. The van der Waals surface area contributed by atoms with Crippen LogP contribution in [0.2, 0.25) is 5.02 Å². The molecule has 2 aromatic heterocycles. The van der Waals surface area contributed by atoms with Gasteiger partial charge in [0.15, 0.2) is 5.65 Å². The molecule has 1 saturated carbocycles. The van der Waals surface area contributed by atoms with Crippen LogP contribution < -0.4 is 5.56 Å². The van der Waals surface area contributed by atoms with Crippen LogP contribution in [0.15, 0.2) is 29.1 Å². The van der Waals surface area contributed by atoms with E-state index in [1.54, 1.807) is 0 Å². The second-order valence-corrected chi connectivity index (χ2v) is 8.07. The quantitative estimate of drug-likeness (QED) is 0.687. The lowest BCUT2D eigenvalue weighted by atomic mass is 9.90. The average molecular weight is 379 g/mol.